The molecule has 16 heavy (non-hydrogen) atoms. The number of carbonyl (C=O) groups is 2. The molecule has 1 rings (SSSR count). The SMILES string of the molecule is CCOC(=O)CNC(=O)C1CNCCO1.Cl. The van der Waals surface area contributed by atoms with E-state index >= 15 is 0 Å². The first-order valence-corrected chi connectivity index (χ1v) is 4.99. The number of carbonyl (C=O) groups excluding carboxylic acids is 2. The summed E-state index contributed by atoms with van der Waals surface area (Å²) in [6.07, 6.45) is -0.506. The van der Waals surface area contributed by atoms with Crippen molar-refractivity contribution in [2.75, 3.05) is 32.8 Å². The third-order valence-corrected chi connectivity index (χ3v) is 1.93. The Labute approximate surface area is 100 Å². The van der Waals surface area contributed by atoms with Crippen molar-refractivity contribution < 1.29 is 19.1 Å². The van der Waals surface area contributed by atoms with Crippen molar-refractivity contribution in [2.45, 2.75) is 13.0 Å². The fourth-order valence-corrected chi connectivity index (χ4v) is 1.22. The third-order valence-electron chi connectivity index (χ3n) is 1.93. The molecule has 1 aliphatic heterocycles. The van der Waals surface area contributed by atoms with Crippen molar-refractivity contribution in [3.05, 3.63) is 0 Å². The molecule has 0 aromatic rings. The van der Waals surface area contributed by atoms with Crippen LogP contribution in [0.25, 0.3) is 0 Å². The van der Waals surface area contributed by atoms with Gasteiger partial charge < -0.3 is 20.1 Å². The predicted octanol–water partition coefficient (Wildman–Crippen LogP) is -0.924. The highest BCUT2D eigenvalue weighted by molar-refractivity contribution is 5.85. The zero-order chi connectivity index (χ0) is 11.1. The molecule has 1 amide bonds. The van der Waals surface area contributed by atoms with Crippen LogP contribution in [0.4, 0.5) is 0 Å². The Bertz CT molecular complexity index is 232. The number of ether oxygens (including phenoxy) is 2. The first-order chi connectivity index (χ1) is 7.24. The molecule has 1 atom stereocenters. The van der Waals surface area contributed by atoms with Gasteiger partial charge in [-0.25, -0.2) is 0 Å². The van der Waals surface area contributed by atoms with Gasteiger partial charge in [-0.1, -0.05) is 0 Å². The fourth-order valence-electron chi connectivity index (χ4n) is 1.22. The molecule has 7 heteroatoms. The van der Waals surface area contributed by atoms with E-state index in [1.165, 1.54) is 0 Å². The zero-order valence-electron chi connectivity index (χ0n) is 9.15. The van der Waals surface area contributed by atoms with Gasteiger partial charge in [0, 0.05) is 13.1 Å². The molecule has 0 radical (unpaired) electrons. The van der Waals surface area contributed by atoms with Crippen LogP contribution in [0, 0.1) is 0 Å². The topological polar surface area (TPSA) is 76.7 Å². The lowest BCUT2D eigenvalue weighted by Crippen LogP contribution is -2.48. The Morgan fingerprint density at radius 3 is 2.88 bits per heavy atom. The molecule has 0 spiro atoms. The summed E-state index contributed by atoms with van der Waals surface area (Å²) < 4.78 is 9.87. The van der Waals surface area contributed by atoms with Crippen molar-refractivity contribution in [3.63, 3.8) is 0 Å². The van der Waals surface area contributed by atoms with Crippen LogP contribution in [-0.4, -0.2) is 50.8 Å². The molecule has 1 aliphatic rings. The van der Waals surface area contributed by atoms with Crippen molar-refractivity contribution in [3.8, 4) is 0 Å². The Kier molecular flexibility index (Phi) is 7.88. The van der Waals surface area contributed by atoms with Gasteiger partial charge in [-0.2, -0.15) is 0 Å². The summed E-state index contributed by atoms with van der Waals surface area (Å²) >= 11 is 0. The predicted molar refractivity (Wildman–Crippen MR) is 59.5 cm³/mol. The minimum Gasteiger partial charge on any atom is -0.465 e. The van der Waals surface area contributed by atoms with Crippen LogP contribution < -0.4 is 10.6 Å². The van der Waals surface area contributed by atoms with Gasteiger partial charge in [0.2, 0.25) is 0 Å². The van der Waals surface area contributed by atoms with E-state index in [0.717, 1.165) is 6.54 Å². The fraction of sp³-hybridized carbons (Fsp3) is 0.778. The maximum atomic E-state index is 11.4. The lowest BCUT2D eigenvalue weighted by molar-refractivity contribution is -0.145. The second kappa shape index (κ2) is 8.32. The van der Waals surface area contributed by atoms with Crippen LogP contribution in [0.2, 0.25) is 0 Å². The van der Waals surface area contributed by atoms with E-state index in [1.807, 2.05) is 0 Å². The molecule has 0 aromatic heterocycles. The lowest BCUT2D eigenvalue weighted by Gasteiger charge is -2.22. The van der Waals surface area contributed by atoms with Crippen LogP contribution in [0.5, 0.6) is 0 Å². The van der Waals surface area contributed by atoms with Gasteiger partial charge in [-0.3, -0.25) is 9.59 Å². The highest BCUT2D eigenvalue weighted by Crippen LogP contribution is 1.95. The molecule has 0 aromatic carbocycles. The van der Waals surface area contributed by atoms with Gasteiger partial charge >= 0.3 is 5.97 Å². The molecule has 1 fully saturated rings. The van der Waals surface area contributed by atoms with E-state index in [2.05, 4.69) is 15.4 Å². The standard InChI is InChI=1S/C9H16N2O4.ClH/c1-2-14-8(12)6-11-9(13)7-5-10-3-4-15-7;/h7,10H,2-6H2,1H3,(H,11,13);1H. The molecule has 1 unspecified atom stereocenters. The van der Waals surface area contributed by atoms with Crippen molar-refractivity contribution >= 4 is 24.3 Å². The average Bonchev–Trinajstić information content (AvgIpc) is 2.27. The van der Waals surface area contributed by atoms with Gasteiger partial charge in [0.05, 0.1) is 13.2 Å². The van der Waals surface area contributed by atoms with Gasteiger partial charge in [-0.05, 0) is 6.92 Å². The number of nitrogens with one attached hydrogen (secondary N) is 2. The maximum Gasteiger partial charge on any atom is 0.325 e. The van der Waals surface area contributed by atoms with E-state index in [1.54, 1.807) is 6.92 Å². The highest BCUT2D eigenvalue weighted by Gasteiger charge is 2.21. The molecule has 0 saturated carbocycles. The van der Waals surface area contributed by atoms with Crippen LogP contribution in [-0.2, 0) is 19.1 Å². The molecule has 94 valence electrons. The smallest absolute Gasteiger partial charge is 0.325 e. The number of morpholine rings is 1. The average molecular weight is 253 g/mol. The van der Waals surface area contributed by atoms with Gasteiger partial charge in [0.25, 0.3) is 5.91 Å². The van der Waals surface area contributed by atoms with Crippen molar-refractivity contribution in [2.24, 2.45) is 0 Å². The summed E-state index contributed by atoms with van der Waals surface area (Å²) in [5.41, 5.74) is 0. The number of halogens is 1. The molecule has 6 nitrogen and oxygen atoms in total. The number of hydrogen-bond donors (Lipinski definition) is 2. The second-order valence-electron chi connectivity index (χ2n) is 3.09. The minimum atomic E-state index is -0.506. The first-order valence-electron chi connectivity index (χ1n) is 4.99. The summed E-state index contributed by atoms with van der Waals surface area (Å²) in [6.45, 7) is 3.67. The normalized spacial score (nSPS) is 19.4. The molecular weight excluding hydrogens is 236 g/mol. The van der Waals surface area contributed by atoms with E-state index in [-0.39, 0.29) is 24.9 Å². The van der Waals surface area contributed by atoms with Gasteiger partial charge in [0.15, 0.2) is 0 Å². The third kappa shape index (κ3) is 5.29. The zero-order valence-corrected chi connectivity index (χ0v) is 9.97. The quantitative estimate of drug-likeness (QED) is 0.633. The van der Waals surface area contributed by atoms with Crippen molar-refractivity contribution in [1.29, 1.82) is 0 Å². The number of hydrogen-bond acceptors (Lipinski definition) is 5. The lowest BCUT2D eigenvalue weighted by atomic mass is 10.3. The van der Waals surface area contributed by atoms with E-state index < -0.39 is 12.1 Å². The van der Waals surface area contributed by atoms with E-state index in [4.69, 9.17) is 4.74 Å². The van der Waals surface area contributed by atoms with Gasteiger partial charge in [0.1, 0.15) is 12.6 Å². The Hall–Kier alpha value is -0.850. The minimum absolute atomic E-state index is 0. The van der Waals surface area contributed by atoms with Gasteiger partial charge in [-0.15, -0.1) is 12.4 Å². The van der Waals surface area contributed by atoms with Crippen LogP contribution in [0.1, 0.15) is 6.92 Å². The largest absolute Gasteiger partial charge is 0.465 e. The molecule has 0 bridgehead atoms. The van der Waals surface area contributed by atoms with E-state index in [0.29, 0.717) is 19.8 Å². The highest BCUT2D eigenvalue weighted by atomic mass is 35.5. The number of rotatable bonds is 4. The van der Waals surface area contributed by atoms with Crippen LogP contribution >= 0.6 is 12.4 Å². The summed E-state index contributed by atoms with van der Waals surface area (Å²) in [5, 5.41) is 5.48. The molecule has 1 heterocycles. The Balaban J connectivity index is 0.00000225. The monoisotopic (exact) mass is 252 g/mol. The number of esters is 1. The summed E-state index contributed by atoms with van der Waals surface area (Å²) in [5.74, 6) is -0.718. The second-order valence-corrected chi connectivity index (χ2v) is 3.09. The van der Waals surface area contributed by atoms with E-state index in [9.17, 15) is 9.59 Å². The Morgan fingerprint density at radius 2 is 2.31 bits per heavy atom. The molecule has 2 N–H and O–H groups in total. The van der Waals surface area contributed by atoms with Crippen LogP contribution in [0.15, 0.2) is 0 Å². The molecule has 0 aliphatic carbocycles. The Morgan fingerprint density at radius 1 is 1.56 bits per heavy atom. The van der Waals surface area contributed by atoms with Crippen molar-refractivity contribution in [1.82, 2.24) is 10.6 Å². The molecule has 1 saturated heterocycles. The summed E-state index contributed by atoms with van der Waals surface area (Å²) in [6, 6.07) is 0. The first kappa shape index (κ1) is 15.2. The summed E-state index contributed by atoms with van der Waals surface area (Å²) in [7, 11) is 0. The molecular formula is C9H17ClN2O4. The number of amides is 1. The maximum absolute atomic E-state index is 11.4. The van der Waals surface area contributed by atoms with Crippen LogP contribution in [0.3, 0.4) is 0 Å². The summed E-state index contributed by atoms with van der Waals surface area (Å²) in [4.78, 5) is 22.4.